The summed E-state index contributed by atoms with van der Waals surface area (Å²) < 4.78 is 6.68. The molecular weight excluding hydrogens is 362 g/mol. The second-order valence-corrected chi connectivity index (χ2v) is 7.97. The maximum Gasteiger partial charge on any atom is 0.343 e. The second-order valence-electron chi connectivity index (χ2n) is 7.56. The van der Waals surface area contributed by atoms with Crippen LogP contribution in [-0.2, 0) is 16.7 Å². The smallest absolute Gasteiger partial charge is 0.343 e. The van der Waals surface area contributed by atoms with Gasteiger partial charge in [0.2, 0.25) is 5.43 Å². The van der Waals surface area contributed by atoms with Crippen LogP contribution in [0.4, 0.5) is 0 Å². The van der Waals surface area contributed by atoms with Crippen molar-refractivity contribution in [3.8, 4) is 0 Å². The number of esters is 1. The SMILES string of the molecule is COC(=O)c1cn(Cc2ccccc2Cl)c2cc(C(C)(C)C)ccc2c1=O. The lowest BCUT2D eigenvalue weighted by atomic mass is 9.86. The highest BCUT2D eigenvalue weighted by molar-refractivity contribution is 6.31. The van der Waals surface area contributed by atoms with Crippen LogP contribution in [-0.4, -0.2) is 17.6 Å². The highest BCUT2D eigenvalue weighted by atomic mass is 35.5. The van der Waals surface area contributed by atoms with Crippen LogP contribution in [0.1, 0.15) is 42.3 Å². The Hall–Kier alpha value is -2.59. The van der Waals surface area contributed by atoms with Gasteiger partial charge in [-0.05, 0) is 34.7 Å². The number of nitrogens with zero attached hydrogens (tertiary/aromatic N) is 1. The molecule has 1 heterocycles. The summed E-state index contributed by atoms with van der Waals surface area (Å²) in [5, 5.41) is 1.12. The fraction of sp³-hybridized carbons (Fsp3) is 0.273. The molecule has 0 aliphatic rings. The predicted molar refractivity (Wildman–Crippen MR) is 109 cm³/mol. The fourth-order valence-corrected chi connectivity index (χ4v) is 3.25. The minimum atomic E-state index is -0.644. The second kappa shape index (κ2) is 7.20. The van der Waals surface area contributed by atoms with Crippen LogP contribution in [0.3, 0.4) is 0 Å². The summed E-state index contributed by atoms with van der Waals surface area (Å²) in [5.41, 5.74) is 2.39. The largest absolute Gasteiger partial charge is 0.465 e. The molecule has 0 aliphatic heterocycles. The normalized spacial score (nSPS) is 11.6. The van der Waals surface area contributed by atoms with E-state index in [0.717, 1.165) is 16.6 Å². The molecule has 0 radical (unpaired) electrons. The fourth-order valence-electron chi connectivity index (χ4n) is 3.05. The number of hydrogen-bond acceptors (Lipinski definition) is 3. The summed E-state index contributed by atoms with van der Waals surface area (Å²) in [6, 6.07) is 13.3. The van der Waals surface area contributed by atoms with E-state index in [1.807, 2.05) is 41.0 Å². The van der Waals surface area contributed by atoms with Gasteiger partial charge in [-0.2, -0.15) is 0 Å². The van der Waals surface area contributed by atoms with E-state index in [9.17, 15) is 9.59 Å². The number of rotatable bonds is 3. The van der Waals surface area contributed by atoms with Gasteiger partial charge in [0.25, 0.3) is 0 Å². The molecule has 2 aromatic carbocycles. The van der Waals surface area contributed by atoms with Crippen molar-refractivity contribution in [2.24, 2.45) is 0 Å². The zero-order valence-electron chi connectivity index (χ0n) is 15.9. The van der Waals surface area contributed by atoms with Crippen molar-refractivity contribution in [2.45, 2.75) is 32.7 Å². The average molecular weight is 384 g/mol. The summed E-state index contributed by atoms with van der Waals surface area (Å²) in [7, 11) is 1.27. The molecule has 0 bridgehead atoms. The lowest BCUT2D eigenvalue weighted by Gasteiger charge is -2.21. The van der Waals surface area contributed by atoms with Gasteiger partial charge in [-0.15, -0.1) is 0 Å². The van der Waals surface area contributed by atoms with Crippen LogP contribution in [0, 0.1) is 0 Å². The van der Waals surface area contributed by atoms with Crippen molar-refractivity contribution < 1.29 is 9.53 Å². The maximum absolute atomic E-state index is 12.8. The highest BCUT2D eigenvalue weighted by Crippen LogP contribution is 2.26. The Labute approximate surface area is 163 Å². The molecule has 0 unspecified atom stereocenters. The summed E-state index contributed by atoms with van der Waals surface area (Å²) in [5.74, 6) is -0.644. The number of carbonyl (C=O) groups excluding carboxylic acids is 1. The van der Waals surface area contributed by atoms with Crippen molar-refractivity contribution in [1.29, 1.82) is 0 Å². The Bertz CT molecular complexity index is 1080. The molecule has 0 atom stereocenters. The van der Waals surface area contributed by atoms with Crippen molar-refractivity contribution in [1.82, 2.24) is 4.57 Å². The molecule has 0 fully saturated rings. The number of fused-ring (bicyclic) bond motifs is 1. The van der Waals surface area contributed by atoms with E-state index >= 15 is 0 Å². The molecule has 3 rings (SSSR count). The van der Waals surface area contributed by atoms with Gasteiger partial charge in [-0.1, -0.05) is 56.6 Å². The zero-order chi connectivity index (χ0) is 19.8. The van der Waals surface area contributed by atoms with Gasteiger partial charge in [0, 0.05) is 23.2 Å². The molecule has 0 N–H and O–H groups in total. The first-order valence-corrected chi connectivity index (χ1v) is 9.09. The minimum absolute atomic E-state index is 0.0144. The zero-order valence-corrected chi connectivity index (χ0v) is 16.6. The third kappa shape index (κ3) is 3.76. The Balaban J connectivity index is 2.30. The lowest BCUT2D eigenvalue weighted by molar-refractivity contribution is 0.0598. The minimum Gasteiger partial charge on any atom is -0.465 e. The van der Waals surface area contributed by atoms with Gasteiger partial charge < -0.3 is 9.30 Å². The first kappa shape index (κ1) is 19.2. The van der Waals surface area contributed by atoms with E-state index < -0.39 is 5.97 Å². The molecule has 5 heteroatoms. The van der Waals surface area contributed by atoms with Gasteiger partial charge in [-0.25, -0.2) is 4.79 Å². The van der Waals surface area contributed by atoms with Crippen LogP contribution in [0.5, 0.6) is 0 Å². The van der Waals surface area contributed by atoms with Gasteiger partial charge in [0.05, 0.1) is 12.6 Å². The van der Waals surface area contributed by atoms with Gasteiger partial charge in [0.1, 0.15) is 5.56 Å². The summed E-state index contributed by atoms with van der Waals surface area (Å²) in [6.45, 7) is 6.79. The van der Waals surface area contributed by atoms with E-state index in [0.29, 0.717) is 17.0 Å². The number of halogens is 1. The molecule has 4 nitrogen and oxygen atoms in total. The molecular formula is C22H22ClNO3. The Morgan fingerprint density at radius 1 is 1.15 bits per heavy atom. The topological polar surface area (TPSA) is 48.3 Å². The maximum atomic E-state index is 12.8. The van der Waals surface area contributed by atoms with Gasteiger partial charge >= 0.3 is 5.97 Å². The van der Waals surface area contributed by atoms with Gasteiger partial charge in [0.15, 0.2) is 0 Å². The van der Waals surface area contributed by atoms with Crippen LogP contribution in [0.25, 0.3) is 10.9 Å². The molecule has 1 aromatic heterocycles. The first-order valence-electron chi connectivity index (χ1n) is 8.72. The number of benzene rings is 2. The van der Waals surface area contributed by atoms with E-state index in [1.165, 1.54) is 7.11 Å². The number of hydrogen-bond donors (Lipinski definition) is 0. The van der Waals surface area contributed by atoms with Crippen molar-refractivity contribution in [2.75, 3.05) is 7.11 Å². The summed E-state index contributed by atoms with van der Waals surface area (Å²) in [4.78, 5) is 24.9. The number of aromatic nitrogens is 1. The van der Waals surface area contributed by atoms with Gasteiger partial charge in [-0.3, -0.25) is 4.79 Å². The van der Waals surface area contributed by atoms with E-state index in [-0.39, 0.29) is 16.4 Å². The monoisotopic (exact) mass is 383 g/mol. The summed E-state index contributed by atoms with van der Waals surface area (Å²) >= 11 is 6.32. The van der Waals surface area contributed by atoms with Crippen molar-refractivity contribution in [3.63, 3.8) is 0 Å². The predicted octanol–water partition coefficient (Wildman–Crippen LogP) is 4.79. The molecule has 0 aliphatic carbocycles. The number of pyridine rings is 1. The molecule has 0 saturated heterocycles. The lowest BCUT2D eigenvalue weighted by Crippen LogP contribution is -2.21. The summed E-state index contributed by atoms with van der Waals surface area (Å²) in [6.07, 6.45) is 1.56. The van der Waals surface area contributed by atoms with Crippen LogP contribution >= 0.6 is 11.6 Å². The molecule has 27 heavy (non-hydrogen) atoms. The number of ether oxygens (including phenoxy) is 1. The van der Waals surface area contributed by atoms with Crippen LogP contribution in [0.15, 0.2) is 53.5 Å². The Morgan fingerprint density at radius 2 is 1.85 bits per heavy atom. The molecule has 0 saturated carbocycles. The van der Waals surface area contributed by atoms with Crippen LogP contribution < -0.4 is 5.43 Å². The van der Waals surface area contributed by atoms with Crippen molar-refractivity contribution >= 4 is 28.5 Å². The molecule has 3 aromatic rings. The quantitative estimate of drug-likeness (QED) is 0.611. The Kier molecular flexibility index (Phi) is 5.11. The molecule has 0 amide bonds. The third-order valence-electron chi connectivity index (χ3n) is 4.65. The van der Waals surface area contributed by atoms with Crippen molar-refractivity contribution in [3.05, 3.63) is 80.6 Å². The average Bonchev–Trinajstić information content (AvgIpc) is 2.64. The first-order chi connectivity index (χ1) is 12.7. The third-order valence-corrected chi connectivity index (χ3v) is 5.02. The number of carbonyl (C=O) groups is 1. The number of methoxy groups -OCH3 is 1. The van der Waals surface area contributed by atoms with E-state index in [2.05, 4.69) is 20.8 Å². The highest BCUT2D eigenvalue weighted by Gasteiger charge is 2.19. The molecule has 140 valence electrons. The molecule has 0 spiro atoms. The van der Waals surface area contributed by atoms with Crippen LogP contribution in [0.2, 0.25) is 5.02 Å². The van der Waals surface area contributed by atoms with E-state index in [1.54, 1.807) is 12.3 Å². The Morgan fingerprint density at radius 3 is 2.48 bits per heavy atom. The van der Waals surface area contributed by atoms with E-state index in [4.69, 9.17) is 16.3 Å². The standard InChI is InChI=1S/C22H22ClNO3/c1-22(2,3)15-9-10-16-19(11-15)24(12-14-7-5-6-8-18(14)23)13-17(20(16)25)21(26)27-4/h5-11,13H,12H2,1-4H3.